The van der Waals surface area contributed by atoms with Crippen LogP contribution in [0.4, 0.5) is 0 Å². The molecule has 0 fully saturated rings. The summed E-state index contributed by atoms with van der Waals surface area (Å²) in [5.41, 5.74) is 2.03. The molecule has 2 rings (SSSR count). The minimum atomic E-state index is 0.324. The number of hydrogen-bond donors (Lipinski definition) is 0. The lowest BCUT2D eigenvalue weighted by Gasteiger charge is -2.05. The number of ketones is 1. The summed E-state index contributed by atoms with van der Waals surface area (Å²) in [6.45, 7) is 2.24. The normalized spacial score (nSPS) is 18.7. The zero-order valence-corrected chi connectivity index (χ0v) is 11.9. The van der Waals surface area contributed by atoms with Crippen molar-refractivity contribution in [3.05, 3.63) is 42.0 Å². The Hall–Kier alpha value is -1.37. The average Bonchev–Trinajstić information content (AvgIpc) is 2.81. The van der Waals surface area contributed by atoms with Gasteiger partial charge in [0.2, 0.25) is 0 Å². The molecule has 0 heterocycles. The van der Waals surface area contributed by atoms with E-state index in [-0.39, 0.29) is 0 Å². The highest BCUT2D eigenvalue weighted by molar-refractivity contribution is 6.22. The molecule has 0 saturated heterocycles. The van der Waals surface area contributed by atoms with Gasteiger partial charge in [0.05, 0.1) is 0 Å². The van der Waals surface area contributed by atoms with Gasteiger partial charge in [0.1, 0.15) is 0 Å². The van der Waals surface area contributed by atoms with E-state index in [4.69, 9.17) is 0 Å². The van der Waals surface area contributed by atoms with Crippen molar-refractivity contribution in [2.45, 2.75) is 51.9 Å². The lowest BCUT2D eigenvalue weighted by Crippen LogP contribution is -1.98. The Morgan fingerprint density at radius 1 is 1.05 bits per heavy atom. The third kappa shape index (κ3) is 4.05. The minimum Gasteiger partial charge on any atom is -0.294 e. The number of rotatable bonds is 7. The number of carbonyl (C=O) groups is 1. The molecule has 102 valence electrons. The maximum atomic E-state index is 12.1. The minimum absolute atomic E-state index is 0.324. The lowest BCUT2D eigenvalue weighted by atomic mass is 10.00. The van der Waals surface area contributed by atoms with Crippen LogP contribution < -0.4 is 0 Å². The molecule has 0 saturated carbocycles. The monoisotopic (exact) mass is 256 g/mol. The molecule has 1 aromatic carbocycles. The third-order valence-corrected chi connectivity index (χ3v) is 3.91. The van der Waals surface area contributed by atoms with Crippen LogP contribution >= 0.6 is 0 Å². The van der Waals surface area contributed by atoms with Gasteiger partial charge in [0, 0.05) is 12.0 Å². The molecule has 1 aliphatic rings. The molecule has 1 atom stereocenters. The molecule has 1 heteroatoms. The molecule has 0 amide bonds. The van der Waals surface area contributed by atoms with Gasteiger partial charge in [-0.05, 0) is 17.9 Å². The van der Waals surface area contributed by atoms with Crippen LogP contribution in [0.3, 0.4) is 0 Å². The third-order valence-electron chi connectivity index (χ3n) is 3.91. The molecule has 1 aromatic rings. The number of carbonyl (C=O) groups excluding carboxylic acids is 1. The van der Waals surface area contributed by atoms with Gasteiger partial charge < -0.3 is 0 Å². The summed E-state index contributed by atoms with van der Waals surface area (Å²) in [7, 11) is 0. The largest absolute Gasteiger partial charge is 0.294 e. The summed E-state index contributed by atoms with van der Waals surface area (Å²) >= 11 is 0. The summed E-state index contributed by atoms with van der Waals surface area (Å²) in [5.74, 6) is 0.800. The molecule has 0 unspecified atom stereocenters. The summed E-state index contributed by atoms with van der Waals surface area (Å²) in [6, 6.07) is 10.1. The van der Waals surface area contributed by atoms with E-state index in [1.807, 2.05) is 30.3 Å². The predicted molar refractivity (Wildman–Crippen MR) is 80.9 cm³/mol. The second kappa shape index (κ2) is 7.28. The van der Waals surface area contributed by atoms with Crippen LogP contribution in [0.1, 0.15) is 57.4 Å². The van der Waals surface area contributed by atoms with Crippen LogP contribution in [-0.2, 0) is 4.79 Å². The fourth-order valence-corrected chi connectivity index (χ4v) is 2.81. The summed E-state index contributed by atoms with van der Waals surface area (Å²) in [6.07, 6.45) is 10.6. The summed E-state index contributed by atoms with van der Waals surface area (Å²) < 4.78 is 0. The van der Waals surface area contributed by atoms with Gasteiger partial charge in [-0.15, -0.1) is 0 Å². The molecule has 0 aliphatic heterocycles. The van der Waals surface area contributed by atoms with Gasteiger partial charge in [-0.2, -0.15) is 0 Å². The number of Topliss-reactive ketones (excluding diaryl/α,β-unsaturated/α-hetero) is 1. The zero-order chi connectivity index (χ0) is 13.5. The van der Waals surface area contributed by atoms with E-state index in [0.717, 1.165) is 17.6 Å². The van der Waals surface area contributed by atoms with Crippen LogP contribution in [-0.4, -0.2) is 5.78 Å². The van der Waals surface area contributed by atoms with Gasteiger partial charge >= 0.3 is 0 Å². The lowest BCUT2D eigenvalue weighted by molar-refractivity contribution is -0.113. The van der Waals surface area contributed by atoms with Crippen LogP contribution in [0.25, 0.3) is 5.57 Å². The zero-order valence-electron chi connectivity index (χ0n) is 11.9. The standard InChI is InChI=1S/C18H24O/c1-2-3-4-5-7-10-15-13-17(18(19)14-15)16-11-8-6-9-12-16/h6,8-9,11-13,15H,2-5,7,10,14H2,1H3/t15-/m0/s1. The quantitative estimate of drug-likeness (QED) is 0.626. The maximum absolute atomic E-state index is 12.1. The highest BCUT2D eigenvalue weighted by Crippen LogP contribution is 2.31. The molecule has 0 aromatic heterocycles. The number of benzene rings is 1. The van der Waals surface area contributed by atoms with Gasteiger partial charge in [0.25, 0.3) is 0 Å². The molecule has 1 nitrogen and oxygen atoms in total. The van der Waals surface area contributed by atoms with Crippen LogP contribution in [0.2, 0.25) is 0 Å². The van der Waals surface area contributed by atoms with E-state index < -0.39 is 0 Å². The van der Waals surface area contributed by atoms with Crippen molar-refractivity contribution in [3.63, 3.8) is 0 Å². The Morgan fingerprint density at radius 2 is 1.79 bits per heavy atom. The molecule has 0 spiro atoms. The molecule has 0 N–H and O–H groups in total. The topological polar surface area (TPSA) is 17.1 Å². The molecule has 0 bridgehead atoms. The SMILES string of the molecule is CCCCCCC[C@H]1C=C(c2ccccc2)C(=O)C1. The molecule has 1 aliphatic carbocycles. The first kappa shape index (κ1) is 14.0. The highest BCUT2D eigenvalue weighted by Gasteiger charge is 2.24. The first-order chi connectivity index (χ1) is 9.31. The van der Waals surface area contributed by atoms with Crippen molar-refractivity contribution in [1.29, 1.82) is 0 Å². The van der Waals surface area contributed by atoms with E-state index in [0.29, 0.717) is 11.7 Å². The van der Waals surface area contributed by atoms with Crippen molar-refractivity contribution in [1.82, 2.24) is 0 Å². The van der Waals surface area contributed by atoms with Crippen molar-refractivity contribution in [2.75, 3.05) is 0 Å². The van der Waals surface area contributed by atoms with E-state index in [1.165, 1.54) is 38.5 Å². The summed E-state index contributed by atoms with van der Waals surface area (Å²) in [5, 5.41) is 0. The Kier molecular flexibility index (Phi) is 5.38. The smallest absolute Gasteiger partial charge is 0.163 e. The van der Waals surface area contributed by atoms with Gasteiger partial charge in [-0.1, -0.05) is 75.4 Å². The molecular weight excluding hydrogens is 232 g/mol. The van der Waals surface area contributed by atoms with Crippen LogP contribution in [0.15, 0.2) is 36.4 Å². The van der Waals surface area contributed by atoms with E-state index in [1.54, 1.807) is 0 Å². The molecule has 19 heavy (non-hydrogen) atoms. The fourth-order valence-electron chi connectivity index (χ4n) is 2.81. The Morgan fingerprint density at radius 3 is 2.53 bits per heavy atom. The van der Waals surface area contributed by atoms with Crippen LogP contribution in [0.5, 0.6) is 0 Å². The number of allylic oxidation sites excluding steroid dienone is 2. The van der Waals surface area contributed by atoms with Crippen molar-refractivity contribution < 1.29 is 4.79 Å². The van der Waals surface area contributed by atoms with Crippen molar-refractivity contribution >= 4 is 11.4 Å². The van der Waals surface area contributed by atoms with Gasteiger partial charge in [-0.25, -0.2) is 0 Å². The highest BCUT2D eigenvalue weighted by atomic mass is 16.1. The Bertz CT molecular complexity index is 430. The van der Waals surface area contributed by atoms with Gasteiger partial charge in [0.15, 0.2) is 5.78 Å². The fraction of sp³-hybridized carbons (Fsp3) is 0.500. The first-order valence-corrected chi connectivity index (χ1v) is 7.61. The Balaban J connectivity index is 1.85. The van der Waals surface area contributed by atoms with Crippen molar-refractivity contribution in [3.8, 4) is 0 Å². The number of hydrogen-bond acceptors (Lipinski definition) is 1. The van der Waals surface area contributed by atoms with Gasteiger partial charge in [-0.3, -0.25) is 4.79 Å². The van der Waals surface area contributed by atoms with E-state index in [9.17, 15) is 4.79 Å². The Labute approximate surface area is 116 Å². The first-order valence-electron chi connectivity index (χ1n) is 7.61. The average molecular weight is 256 g/mol. The number of unbranched alkanes of at least 4 members (excludes halogenated alkanes) is 4. The molecule has 0 radical (unpaired) electrons. The van der Waals surface area contributed by atoms with Crippen LogP contribution in [0, 0.1) is 5.92 Å². The predicted octanol–water partition coefficient (Wildman–Crippen LogP) is 5.02. The van der Waals surface area contributed by atoms with Crippen molar-refractivity contribution in [2.24, 2.45) is 5.92 Å². The second-order valence-electron chi connectivity index (χ2n) is 5.54. The second-order valence-corrected chi connectivity index (χ2v) is 5.54. The van der Waals surface area contributed by atoms with E-state index >= 15 is 0 Å². The van der Waals surface area contributed by atoms with E-state index in [2.05, 4.69) is 13.0 Å². The summed E-state index contributed by atoms with van der Waals surface area (Å²) in [4.78, 5) is 12.1. The molecular formula is C18H24O. The maximum Gasteiger partial charge on any atom is 0.163 e.